The standard InChI is InChI=1S/C11H11N3O3/c15-14(16)10-2-1-3-11(6-10)17-5-4-9-7-12-8-13-9/h1-3,6-8H,4-5H2,(H,12,13). The maximum atomic E-state index is 10.5. The summed E-state index contributed by atoms with van der Waals surface area (Å²) in [6, 6.07) is 6.13. The number of nitrogens with one attached hydrogen (secondary N) is 1. The summed E-state index contributed by atoms with van der Waals surface area (Å²) in [5.74, 6) is 0.495. The largest absolute Gasteiger partial charge is 0.493 e. The first-order valence-corrected chi connectivity index (χ1v) is 5.10. The molecule has 17 heavy (non-hydrogen) atoms. The quantitative estimate of drug-likeness (QED) is 0.632. The molecule has 0 fully saturated rings. The second kappa shape index (κ2) is 5.11. The van der Waals surface area contributed by atoms with Gasteiger partial charge in [0.2, 0.25) is 0 Å². The zero-order valence-corrected chi connectivity index (χ0v) is 9.00. The van der Waals surface area contributed by atoms with Crippen LogP contribution in [0.5, 0.6) is 5.75 Å². The van der Waals surface area contributed by atoms with Crippen LogP contribution in [0.4, 0.5) is 5.69 Å². The molecule has 0 radical (unpaired) electrons. The van der Waals surface area contributed by atoms with Gasteiger partial charge in [0.05, 0.1) is 29.6 Å². The highest BCUT2D eigenvalue weighted by Crippen LogP contribution is 2.19. The zero-order valence-electron chi connectivity index (χ0n) is 9.00. The van der Waals surface area contributed by atoms with E-state index in [-0.39, 0.29) is 5.69 Å². The van der Waals surface area contributed by atoms with Gasteiger partial charge in [-0.25, -0.2) is 4.98 Å². The van der Waals surface area contributed by atoms with Gasteiger partial charge in [0, 0.05) is 18.7 Å². The van der Waals surface area contributed by atoms with Crippen LogP contribution in [0.3, 0.4) is 0 Å². The molecule has 2 rings (SSSR count). The van der Waals surface area contributed by atoms with Crippen molar-refractivity contribution in [1.29, 1.82) is 0 Å². The van der Waals surface area contributed by atoms with Crippen LogP contribution >= 0.6 is 0 Å². The third-order valence-electron chi connectivity index (χ3n) is 2.21. The topological polar surface area (TPSA) is 81.0 Å². The Balaban J connectivity index is 1.90. The molecule has 0 aliphatic heterocycles. The summed E-state index contributed by atoms with van der Waals surface area (Å²) in [5.41, 5.74) is 0.928. The van der Waals surface area contributed by atoms with Crippen molar-refractivity contribution in [1.82, 2.24) is 9.97 Å². The lowest BCUT2D eigenvalue weighted by Crippen LogP contribution is -2.01. The van der Waals surface area contributed by atoms with Crippen LogP contribution < -0.4 is 4.74 Å². The van der Waals surface area contributed by atoms with Crippen molar-refractivity contribution < 1.29 is 9.66 Å². The predicted octanol–water partition coefficient (Wildman–Crippen LogP) is 1.94. The second-order valence-corrected chi connectivity index (χ2v) is 3.41. The number of rotatable bonds is 5. The van der Waals surface area contributed by atoms with Gasteiger partial charge in [-0.05, 0) is 6.07 Å². The lowest BCUT2D eigenvalue weighted by atomic mass is 10.3. The van der Waals surface area contributed by atoms with Gasteiger partial charge in [-0.15, -0.1) is 0 Å². The Bertz CT molecular complexity index is 496. The summed E-state index contributed by atoms with van der Waals surface area (Å²) in [6.07, 6.45) is 4.05. The van der Waals surface area contributed by atoms with E-state index in [0.29, 0.717) is 18.8 Å². The van der Waals surface area contributed by atoms with Crippen molar-refractivity contribution in [3.05, 3.63) is 52.6 Å². The van der Waals surface area contributed by atoms with Crippen molar-refractivity contribution in [3.63, 3.8) is 0 Å². The van der Waals surface area contributed by atoms with E-state index in [0.717, 1.165) is 5.69 Å². The van der Waals surface area contributed by atoms with Gasteiger partial charge in [-0.2, -0.15) is 0 Å². The van der Waals surface area contributed by atoms with Crippen LogP contribution in [0.1, 0.15) is 5.69 Å². The molecule has 0 atom stereocenters. The number of nitrogens with zero attached hydrogens (tertiary/aromatic N) is 2. The van der Waals surface area contributed by atoms with Gasteiger partial charge in [-0.1, -0.05) is 6.07 Å². The first-order valence-electron chi connectivity index (χ1n) is 5.10. The molecular weight excluding hydrogens is 222 g/mol. The number of aromatic nitrogens is 2. The SMILES string of the molecule is O=[N+]([O-])c1cccc(OCCc2c[nH]cn2)c1. The number of hydrogen-bond donors (Lipinski definition) is 1. The molecule has 1 N–H and O–H groups in total. The summed E-state index contributed by atoms with van der Waals surface area (Å²) in [6.45, 7) is 0.437. The highest BCUT2D eigenvalue weighted by Gasteiger charge is 2.06. The monoisotopic (exact) mass is 233 g/mol. The van der Waals surface area contributed by atoms with Crippen LogP contribution in [-0.4, -0.2) is 21.5 Å². The van der Waals surface area contributed by atoms with Gasteiger partial charge in [-0.3, -0.25) is 10.1 Å². The van der Waals surface area contributed by atoms with Crippen molar-refractivity contribution in [2.75, 3.05) is 6.61 Å². The van der Waals surface area contributed by atoms with E-state index >= 15 is 0 Å². The Morgan fingerprint density at radius 1 is 1.47 bits per heavy atom. The molecule has 6 heteroatoms. The highest BCUT2D eigenvalue weighted by molar-refractivity contribution is 5.37. The lowest BCUT2D eigenvalue weighted by Gasteiger charge is -2.04. The second-order valence-electron chi connectivity index (χ2n) is 3.41. The van der Waals surface area contributed by atoms with E-state index in [1.54, 1.807) is 24.7 Å². The number of imidazole rings is 1. The normalized spacial score (nSPS) is 10.1. The highest BCUT2D eigenvalue weighted by atomic mass is 16.6. The van der Waals surface area contributed by atoms with Crippen molar-refractivity contribution in [3.8, 4) is 5.75 Å². The average Bonchev–Trinajstić information content (AvgIpc) is 2.82. The van der Waals surface area contributed by atoms with Gasteiger partial charge >= 0.3 is 0 Å². The first-order chi connectivity index (χ1) is 8.25. The fourth-order valence-corrected chi connectivity index (χ4v) is 1.39. The summed E-state index contributed by atoms with van der Waals surface area (Å²) < 4.78 is 5.41. The molecule has 1 heterocycles. The van der Waals surface area contributed by atoms with Crippen molar-refractivity contribution in [2.45, 2.75) is 6.42 Å². The average molecular weight is 233 g/mol. The van der Waals surface area contributed by atoms with Crippen molar-refractivity contribution in [2.24, 2.45) is 0 Å². The lowest BCUT2D eigenvalue weighted by molar-refractivity contribution is -0.384. The van der Waals surface area contributed by atoms with Crippen molar-refractivity contribution >= 4 is 5.69 Å². The maximum Gasteiger partial charge on any atom is 0.273 e. The molecule has 0 aliphatic carbocycles. The van der Waals surface area contributed by atoms with E-state index < -0.39 is 4.92 Å². The van der Waals surface area contributed by atoms with E-state index in [4.69, 9.17) is 4.74 Å². The number of nitro benzene ring substituents is 1. The Morgan fingerprint density at radius 3 is 3.06 bits per heavy atom. The molecule has 0 unspecified atom stereocenters. The van der Waals surface area contributed by atoms with Crippen LogP contribution in [0.2, 0.25) is 0 Å². The van der Waals surface area contributed by atoms with Crippen LogP contribution in [0.25, 0.3) is 0 Å². The molecule has 1 aromatic carbocycles. The molecule has 2 aromatic rings. The number of nitro groups is 1. The Kier molecular flexibility index (Phi) is 3.34. The Labute approximate surface area is 97.4 Å². The molecule has 88 valence electrons. The number of ether oxygens (including phenoxy) is 1. The van der Waals surface area contributed by atoms with E-state index in [1.165, 1.54) is 12.1 Å². The van der Waals surface area contributed by atoms with E-state index in [2.05, 4.69) is 9.97 Å². The van der Waals surface area contributed by atoms with Gasteiger partial charge < -0.3 is 9.72 Å². The third kappa shape index (κ3) is 3.04. The first kappa shape index (κ1) is 11.1. The molecule has 0 saturated heterocycles. The number of aromatic amines is 1. The van der Waals surface area contributed by atoms with Gasteiger partial charge in [0.15, 0.2) is 0 Å². The third-order valence-corrected chi connectivity index (χ3v) is 2.21. The predicted molar refractivity (Wildman–Crippen MR) is 60.9 cm³/mol. The minimum atomic E-state index is -0.444. The molecule has 0 amide bonds. The van der Waals surface area contributed by atoms with Crippen LogP contribution in [-0.2, 0) is 6.42 Å². The minimum absolute atomic E-state index is 0.0299. The summed E-state index contributed by atoms with van der Waals surface area (Å²) in [7, 11) is 0. The number of H-pyrrole nitrogens is 1. The number of hydrogen-bond acceptors (Lipinski definition) is 4. The molecule has 6 nitrogen and oxygen atoms in total. The number of benzene rings is 1. The van der Waals surface area contributed by atoms with E-state index in [9.17, 15) is 10.1 Å². The smallest absolute Gasteiger partial charge is 0.273 e. The summed E-state index contributed by atoms with van der Waals surface area (Å²) >= 11 is 0. The zero-order chi connectivity index (χ0) is 12.1. The summed E-state index contributed by atoms with van der Waals surface area (Å²) in [5, 5.41) is 10.5. The van der Waals surface area contributed by atoms with E-state index in [1.807, 2.05) is 0 Å². The molecule has 0 bridgehead atoms. The minimum Gasteiger partial charge on any atom is -0.493 e. The molecule has 0 saturated carbocycles. The fraction of sp³-hybridized carbons (Fsp3) is 0.182. The number of non-ortho nitro benzene ring substituents is 1. The molecule has 1 aromatic heterocycles. The molecule has 0 aliphatic rings. The maximum absolute atomic E-state index is 10.5. The van der Waals surface area contributed by atoms with Crippen LogP contribution in [0, 0.1) is 10.1 Å². The molecule has 0 spiro atoms. The van der Waals surface area contributed by atoms with Crippen LogP contribution in [0.15, 0.2) is 36.8 Å². The Morgan fingerprint density at radius 2 is 2.35 bits per heavy atom. The van der Waals surface area contributed by atoms with Gasteiger partial charge in [0.25, 0.3) is 5.69 Å². The van der Waals surface area contributed by atoms with Gasteiger partial charge in [0.1, 0.15) is 5.75 Å². The fourth-order valence-electron chi connectivity index (χ4n) is 1.39. The summed E-state index contributed by atoms with van der Waals surface area (Å²) in [4.78, 5) is 17.0. The Hall–Kier alpha value is -2.37. The molecular formula is C11H11N3O3.